The molecule has 0 aliphatic rings. The highest BCUT2D eigenvalue weighted by Crippen LogP contribution is 2.16. The lowest BCUT2D eigenvalue weighted by Gasteiger charge is -2.09. The van der Waals surface area contributed by atoms with Crippen LogP contribution in [0, 0.1) is 0 Å². The summed E-state index contributed by atoms with van der Waals surface area (Å²) in [5.41, 5.74) is 1.79. The number of carbonyl (C=O) groups excluding carboxylic acids is 1. The molecule has 0 fully saturated rings. The first-order chi connectivity index (χ1) is 7.29. The molecule has 1 aromatic rings. The van der Waals surface area contributed by atoms with Crippen molar-refractivity contribution in [3.8, 4) is 0 Å². The van der Waals surface area contributed by atoms with Crippen LogP contribution in [0.5, 0.6) is 0 Å². The first-order valence-electron chi connectivity index (χ1n) is 5.65. The third-order valence-corrected chi connectivity index (χ3v) is 2.39. The molecule has 0 aliphatic carbocycles. The average molecular weight is 205 g/mol. The Morgan fingerprint density at radius 2 is 2.00 bits per heavy atom. The van der Waals surface area contributed by atoms with Gasteiger partial charge in [-0.15, -0.1) is 0 Å². The lowest BCUT2D eigenvalue weighted by atomic mass is 10.1. The summed E-state index contributed by atoms with van der Waals surface area (Å²) in [5, 5.41) is 3.31. The van der Waals surface area contributed by atoms with Crippen LogP contribution in [0.1, 0.15) is 43.5 Å². The number of nitrogens with one attached hydrogen (secondary N) is 1. The Kier molecular flexibility index (Phi) is 4.88. The van der Waals surface area contributed by atoms with Gasteiger partial charge in [-0.2, -0.15) is 0 Å². The van der Waals surface area contributed by atoms with Crippen molar-refractivity contribution in [3.63, 3.8) is 0 Å². The van der Waals surface area contributed by atoms with Crippen LogP contribution < -0.4 is 5.32 Å². The molecule has 15 heavy (non-hydrogen) atoms. The standard InChI is InChI=1S/C13H19NO/c1-3-5-10-14-12-9-7-6-8-11(12)13(15)4-2/h6-9,14H,3-5,10H2,1-2H3. The average Bonchev–Trinajstić information content (AvgIpc) is 2.29. The summed E-state index contributed by atoms with van der Waals surface area (Å²) < 4.78 is 0. The number of anilines is 1. The smallest absolute Gasteiger partial charge is 0.164 e. The second-order valence-electron chi connectivity index (χ2n) is 3.60. The Bertz CT molecular complexity index is 320. The monoisotopic (exact) mass is 205 g/mol. The second kappa shape index (κ2) is 6.23. The summed E-state index contributed by atoms with van der Waals surface area (Å²) >= 11 is 0. The number of ketones is 1. The largest absolute Gasteiger partial charge is 0.384 e. The molecule has 0 heterocycles. The molecule has 1 aromatic carbocycles. The maximum atomic E-state index is 11.6. The van der Waals surface area contributed by atoms with Crippen LogP contribution >= 0.6 is 0 Å². The van der Waals surface area contributed by atoms with E-state index in [1.807, 2.05) is 31.2 Å². The Morgan fingerprint density at radius 1 is 1.27 bits per heavy atom. The molecule has 0 bridgehead atoms. The van der Waals surface area contributed by atoms with Gasteiger partial charge >= 0.3 is 0 Å². The number of rotatable bonds is 6. The molecule has 82 valence electrons. The summed E-state index contributed by atoms with van der Waals surface area (Å²) in [5.74, 6) is 0.203. The maximum Gasteiger partial charge on any atom is 0.164 e. The van der Waals surface area contributed by atoms with Crippen LogP contribution in [0.2, 0.25) is 0 Å². The van der Waals surface area contributed by atoms with E-state index >= 15 is 0 Å². The fraction of sp³-hybridized carbons (Fsp3) is 0.462. The van der Waals surface area contributed by atoms with Crippen molar-refractivity contribution in [2.45, 2.75) is 33.1 Å². The number of Topliss-reactive ketones (excluding diaryl/α,β-unsaturated/α-hetero) is 1. The van der Waals surface area contributed by atoms with Gasteiger partial charge in [0.1, 0.15) is 0 Å². The molecule has 2 heteroatoms. The van der Waals surface area contributed by atoms with Crippen molar-refractivity contribution in [3.05, 3.63) is 29.8 Å². The molecule has 0 spiro atoms. The van der Waals surface area contributed by atoms with Gasteiger partial charge in [-0.1, -0.05) is 32.4 Å². The Labute approximate surface area is 91.7 Å². The molecule has 0 saturated heterocycles. The van der Waals surface area contributed by atoms with Crippen LogP contribution in [0.3, 0.4) is 0 Å². The van der Waals surface area contributed by atoms with Gasteiger partial charge < -0.3 is 5.32 Å². The first kappa shape index (κ1) is 11.8. The molecule has 0 atom stereocenters. The summed E-state index contributed by atoms with van der Waals surface area (Å²) in [6.07, 6.45) is 2.86. The van der Waals surface area contributed by atoms with Crippen molar-refractivity contribution in [2.24, 2.45) is 0 Å². The normalized spacial score (nSPS) is 10.0. The lowest BCUT2D eigenvalue weighted by Crippen LogP contribution is -2.07. The minimum atomic E-state index is 0.203. The minimum absolute atomic E-state index is 0.203. The van der Waals surface area contributed by atoms with Crippen molar-refractivity contribution >= 4 is 11.5 Å². The van der Waals surface area contributed by atoms with Crippen LogP contribution in [-0.4, -0.2) is 12.3 Å². The Balaban J connectivity index is 2.73. The highest BCUT2D eigenvalue weighted by Gasteiger charge is 2.07. The molecule has 2 nitrogen and oxygen atoms in total. The van der Waals surface area contributed by atoms with Gasteiger partial charge in [0, 0.05) is 24.2 Å². The zero-order valence-corrected chi connectivity index (χ0v) is 9.55. The molecule has 0 amide bonds. The maximum absolute atomic E-state index is 11.6. The zero-order chi connectivity index (χ0) is 11.1. The van der Waals surface area contributed by atoms with Crippen LogP contribution in [-0.2, 0) is 0 Å². The third-order valence-electron chi connectivity index (χ3n) is 2.39. The summed E-state index contributed by atoms with van der Waals surface area (Å²) in [6.45, 7) is 4.99. The van der Waals surface area contributed by atoms with E-state index in [0.717, 1.165) is 30.6 Å². The van der Waals surface area contributed by atoms with E-state index in [9.17, 15) is 4.79 Å². The van der Waals surface area contributed by atoms with Gasteiger partial charge in [0.05, 0.1) is 0 Å². The zero-order valence-electron chi connectivity index (χ0n) is 9.55. The van der Waals surface area contributed by atoms with Crippen molar-refractivity contribution in [1.29, 1.82) is 0 Å². The Morgan fingerprint density at radius 3 is 2.67 bits per heavy atom. The van der Waals surface area contributed by atoms with E-state index in [1.165, 1.54) is 0 Å². The predicted octanol–water partition coefficient (Wildman–Crippen LogP) is 3.49. The topological polar surface area (TPSA) is 29.1 Å². The van der Waals surface area contributed by atoms with E-state index in [0.29, 0.717) is 6.42 Å². The van der Waals surface area contributed by atoms with Crippen LogP contribution in [0.25, 0.3) is 0 Å². The predicted molar refractivity (Wildman–Crippen MR) is 64.5 cm³/mol. The minimum Gasteiger partial charge on any atom is -0.384 e. The molecule has 0 saturated carbocycles. The first-order valence-corrected chi connectivity index (χ1v) is 5.65. The van der Waals surface area contributed by atoms with Gasteiger partial charge in [0.2, 0.25) is 0 Å². The van der Waals surface area contributed by atoms with Crippen molar-refractivity contribution in [2.75, 3.05) is 11.9 Å². The number of unbranched alkanes of at least 4 members (excludes halogenated alkanes) is 1. The highest BCUT2D eigenvalue weighted by atomic mass is 16.1. The SMILES string of the molecule is CCCCNc1ccccc1C(=O)CC. The van der Waals surface area contributed by atoms with Gasteiger partial charge in [0.15, 0.2) is 5.78 Å². The van der Waals surface area contributed by atoms with Gasteiger partial charge in [-0.25, -0.2) is 0 Å². The van der Waals surface area contributed by atoms with E-state index in [-0.39, 0.29) is 5.78 Å². The van der Waals surface area contributed by atoms with Crippen molar-refractivity contribution in [1.82, 2.24) is 0 Å². The van der Waals surface area contributed by atoms with Crippen LogP contribution in [0.4, 0.5) is 5.69 Å². The van der Waals surface area contributed by atoms with Crippen molar-refractivity contribution < 1.29 is 4.79 Å². The summed E-state index contributed by atoms with van der Waals surface area (Å²) in [7, 11) is 0. The second-order valence-corrected chi connectivity index (χ2v) is 3.60. The molecule has 0 aromatic heterocycles. The fourth-order valence-corrected chi connectivity index (χ4v) is 1.47. The van der Waals surface area contributed by atoms with E-state index in [2.05, 4.69) is 12.2 Å². The fourth-order valence-electron chi connectivity index (χ4n) is 1.47. The Hall–Kier alpha value is -1.31. The quantitative estimate of drug-likeness (QED) is 0.569. The molecule has 0 radical (unpaired) electrons. The van der Waals surface area contributed by atoms with E-state index < -0.39 is 0 Å². The molecular formula is C13H19NO. The molecule has 0 unspecified atom stereocenters. The number of hydrogen-bond acceptors (Lipinski definition) is 2. The van der Waals surface area contributed by atoms with Gasteiger partial charge in [0.25, 0.3) is 0 Å². The van der Waals surface area contributed by atoms with Gasteiger partial charge in [-0.05, 0) is 18.6 Å². The van der Waals surface area contributed by atoms with Crippen LogP contribution in [0.15, 0.2) is 24.3 Å². The number of hydrogen-bond donors (Lipinski definition) is 1. The molecule has 1 rings (SSSR count). The lowest BCUT2D eigenvalue weighted by molar-refractivity contribution is 0.0989. The summed E-state index contributed by atoms with van der Waals surface area (Å²) in [4.78, 5) is 11.6. The highest BCUT2D eigenvalue weighted by molar-refractivity contribution is 6.00. The van der Waals surface area contributed by atoms with E-state index in [4.69, 9.17) is 0 Å². The summed E-state index contributed by atoms with van der Waals surface area (Å²) in [6, 6.07) is 7.73. The number of carbonyl (C=O) groups is 1. The third kappa shape index (κ3) is 3.39. The van der Waals surface area contributed by atoms with Gasteiger partial charge in [-0.3, -0.25) is 4.79 Å². The number of para-hydroxylation sites is 1. The molecule has 0 aliphatic heterocycles. The molecule has 1 N–H and O–H groups in total. The molecular weight excluding hydrogens is 186 g/mol. The van der Waals surface area contributed by atoms with E-state index in [1.54, 1.807) is 0 Å². The number of benzene rings is 1.